The van der Waals surface area contributed by atoms with Crippen LogP contribution in [0, 0.1) is 0 Å². The number of hydrogen-bond donors (Lipinski definition) is 0. The van der Waals surface area contributed by atoms with Crippen molar-refractivity contribution in [3.05, 3.63) is 54.7 Å². The molecule has 0 aliphatic heterocycles. The normalized spacial score (nSPS) is 10.8. The molecular formula is C20H18N4O3. The first-order valence-electron chi connectivity index (χ1n) is 8.32. The van der Waals surface area contributed by atoms with Gasteiger partial charge in [0.2, 0.25) is 0 Å². The van der Waals surface area contributed by atoms with Crippen LogP contribution in [-0.4, -0.2) is 40.9 Å². The van der Waals surface area contributed by atoms with E-state index in [4.69, 9.17) is 14.2 Å². The fourth-order valence-corrected chi connectivity index (χ4v) is 2.87. The Hall–Kier alpha value is -3.61. The van der Waals surface area contributed by atoms with Gasteiger partial charge in [-0.25, -0.2) is 4.98 Å². The number of ether oxygens (including phenoxy) is 3. The van der Waals surface area contributed by atoms with Crippen molar-refractivity contribution in [3.63, 3.8) is 0 Å². The summed E-state index contributed by atoms with van der Waals surface area (Å²) in [6, 6.07) is 15.2. The van der Waals surface area contributed by atoms with Crippen molar-refractivity contribution in [2.24, 2.45) is 0 Å². The van der Waals surface area contributed by atoms with E-state index in [1.165, 1.54) is 0 Å². The molecule has 0 atom stereocenters. The molecule has 0 radical (unpaired) electrons. The first kappa shape index (κ1) is 16.8. The quantitative estimate of drug-likeness (QED) is 0.541. The van der Waals surface area contributed by atoms with Crippen LogP contribution < -0.4 is 14.2 Å². The van der Waals surface area contributed by atoms with E-state index in [-0.39, 0.29) is 0 Å². The Bertz CT molecular complexity index is 1090. The summed E-state index contributed by atoms with van der Waals surface area (Å²) in [4.78, 5) is 8.90. The van der Waals surface area contributed by atoms with Gasteiger partial charge in [0.25, 0.3) is 5.78 Å². The third kappa shape index (κ3) is 3.03. The van der Waals surface area contributed by atoms with Gasteiger partial charge >= 0.3 is 0 Å². The molecule has 0 N–H and O–H groups in total. The number of hydrogen-bond acceptors (Lipinski definition) is 6. The van der Waals surface area contributed by atoms with Crippen LogP contribution in [0.5, 0.6) is 17.2 Å². The van der Waals surface area contributed by atoms with Crippen molar-refractivity contribution < 1.29 is 14.2 Å². The zero-order valence-electron chi connectivity index (χ0n) is 15.2. The molecule has 0 aliphatic carbocycles. The van der Waals surface area contributed by atoms with Gasteiger partial charge in [-0.05, 0) is 42.5 Å². The van der Waals surface area contributed by atoms with Gasteiger partial charge in [-0.15, -0.1) is 5.10 Å². The van der Waals surface area contributed by atoms with Crippen LogP contribution in [0.25, 0.3) is 28.4 Å². The molecule has 7 nitrogen and oxygen atoms in total. The molecule has 0 aliphatic rings. The zero-order chi connectivity index (χ0) is 18.8. The molecule has 136 valence electrons. The SMILES string of the molecule is COc1ccc(-c2ccnc3nc(-c4ccc(OC)cc4OC)nn23)cc1. The van der Waals surface area contributed by atoms with Crippen molar-refractivity contribution in [2.45, 2.75) is 0 Å². The Morgan fingerprint density at radius 2 is 1.56 bits per heavy atom. The van der Waals surface area contributed by atoms with E-state index in [0.717, 1.165) is 22.6 Å². The number of rotatable bonds is 5. The molecule has 27 heavy (non-hydrogen) atoms. The number of benzene rings is 2. The fraction of sp³-hybridized carbons (Fsp3) is 0.150. The van der Waals surface area contributed by atoms with Crippen molar-refractivity contribution in [1.82, 2.24) is 19.6 Å². The van der Waals surface area contributed by atoms with Crippen molar-refractivity contribution in [2.75, 3.05) is 21.3 Å². The van der Waals surface area contributed by atoms with E-state index in [1.807, 2.05) is 42.5 Å². The summed E-state index contributed by atoms with van der Waals surface area (Å²) < 4.78 is 17.7. The average molecular weight is 362 g/mol. The number of aromatic nitrogens is 4. The molecule has 0 spiro atoms. The van der Waals surface area contributed by atoms with Crippen molar-refractivity contribution in [3.8, 4) is 39.9 Å². The Morgan fingerprint density at radius 3 is 2.26 bits per heavy atom. The molecule has 2 heterocycles. The molecule has 0 saturated heterocycles. The van der Waals surface area contributed by atoms with Crippen LogP contribution in [0.3, 0.4) is 0 Å². The molecule has 0 bridgehead atoms. The van der Waals surface area contributed by atoms with Gasteiger partial charge < -0.3 is 14.2 Å². The maximum absolute atomic E-state index is 5.48. The lowest BCUT2D eigenvalue weighted by molar-refractivity contribution is 0.395. The molecule has 7 heteroatoms. The topological polar surface area (TPSA) is 70.8 Å². The van der Waals surface area contributed by atoms with Crippen LogP contribution in [0.2, 0.25) is 0 Å². The molecule has 2 aromatic carbocycles. The Morgan fingerprint density at radius 1 is 0.815 bits per heavy atom. The molecule has 0 fully saturated rings. The van der Waals surface area contributed by atoms with Gasteiger partial charge in [-0.3, -0.25) is 0 Å². The molecule has 2 aromatic heterocycles. The summed E-state index contributed by atoms with van der Waals surface area (Å²) in [6.45, 7) is 0. The standard InChI is InChI=1S/C20H18N4O3/c1-25-14-6-4-13(5-7-14)17-10-11-21-20-22-19(23-24(17)20)16-9-8-15(26-2)12-18(16)27-3/h4-12H,1-3H3. The summed E-state index contributed by atoms with van der Waals surface area (Å²) in [5.74, 6) is 3.18. The summed E-state index contributed by atoms with van der Waals surface area (Å²) in [5.41, 5.74) is 2.64. The lowest BCUT2D eigenvalue weighted by Crippen LogP contribution is -1.96. The molecule has 0 unspecified atom stereocenters. The van der Waals surface area contributed by atoms with Gasteiger partial charge in [0, 0.05) is 17.8 Å². The van der Waals surface area contributed by atoms with E-state index in [2.05, 4.69) is 15.1 Å². The summed E-state index contributed by atoms with van der Waals surface area (Å²) in [5, 5.41) is 4.66. The second-order valence-electron chi connectivity index (χ2n) is 5.77. The minimum Gasteiger partial charge on any atom is -0.497 e. The highest BCUT2D eigenvalue weighted by Crippen LogP contribution is 2.32. The predicted octanol–water partition coefficient (Wildman–Crippen LogP) is 3.48. The maximum Gasteiger partial charge on any atom is 0.253 e. The van der Waals surface area contributed by atoms with Gasteiger partial charge in [0.1, 0.15) is 17.2 Å². The molecule has 0 amide bonds. The highest BCUT2D eigenvalue weighted by molar-refractivity contribution is 5.68. The number of fused-ring (bicyclic) bond motifs is 1. The van der Waals surface area contributed by atoms with E-state index in [1.54, 1.807) is 38.1 Å². The number of nitrogens with zero attached hydrogens (tertiary/aromatic N) is 4. The van der Waals surface area contributed by atoms with E-state index in [0.29, 0.717) is 23.1 Å². The largest absolute Gasteiger partial charge is 0.497 e. The van der Waals surface area contributed by atoms with Gasteiger partial charge in [0.15, 0.2) is 5.82 Å². The molecule has 0 saturated carbocycles. The van der Waals surface area contributed by atoms with Gasteiger partial charge in [0.05, 0.1) is 32.6 Å². The fourth-order valence-electron chi connectivity index (χ4n) is 2.87. The second-order valence-corrected chi connectivity index (χ2v) is 5.77. The van der Waals surface area contributed by atoms with Crippen LogP contribution in [0.4, 0.5) is 0 Å². The minimum atomic E-state index is 0.510. The van der Waals surface area contributed by atoms with Crippen LogP contribution in [-0.2, 0) is 0 Å². The molecule has 4 rings (SSSR count). The maximum atomic E-state index is 5.48. The summed E-state index contributed by atoms with van der Waals surface area (Å²) >= 11 is 0. The van der Waals surface area contributed by atoms with E-state index in [9.17, 15) is 0 Å². The third-order valence-corrected chi connectivity index (χ3v) is 4.28. The molecular weight excluding hydrogens is 344 g/mol. The van der Waals surface area contributed by atoms with Crippen LogP contribution in [0.1, 0.15) is 0 Å². The Labute approximate surface area is 156 Å². The first-order valence-corrected chi connectivity index (χ1v) is 8.32. The summed E-state index contributed by atoms with van der Waals surface area (Å²) in [7, 11) is 4.86. The van der Waals surface area contributed by atoms with Crippen molar-refractivity contribution in [1.29, 1.82) is 0 Å². The molecule has 4 aromatic rings. The third-order valence-electron chi connectivity index (χ3n) is 4.28. The lowest BCUT2D eigenvalue weighted by Gasteiger charge is -2.07. The minimum absolute atomic E-state index is 0.510. The Kier molecular flexibility index (Phi) is 4.33. The smallest absolute Gasteiger partial charge is 0.253 e. The van der Waals surface area contributed by atoms with Gasteiger partial charge in [-0.2, -0.15) is 9.50 Å². The van der Waals surface area contributed by atoms with E-state index >= 15 is 0 Å². The zero-order valence-corrected chi connectivity index (χ0v) is 15.2. The monoisotopic (exact) mass is 362 g/mol. The van der Waals surface area contributed by atoms with Crippen LogP contribution in [0.15, 0.2) is 54.7 Å². The Balaban J connectivity index is 1.83. The first-order chi connectivity index (χ1) is 13.2. The highest BCUT2D eigenvalue weighted by Gasteiger charge is 2.15. The highest BCUT2D eigenvalue weighted by atomic mass is 16.5. The predicted molar refractivity (Wildman–Crippen MR) is 101 cm³/mol. The average Bonchev–Trinajstić information content (AvgIpc) is 3.17. The van der Waals surface area contributed by atoms with E-state index < -0.39 is 0 Å². The summed E-state index contributed by atoms with van der Waals surface area (Å²) in [6.07, 6.45) is 1.72. The lowest BCUT2D eigenvalue weighted by atomic mass is 10.1. The van der Waals surface area contributed by atoms with Gasteiger partial charge in [-0.1, -0.05) is 0 Å². The number of methoxy groups -OCH3 is 3. The van der Waals surface area contributed by atoms with Crippen LogP contribution >= 0.6 is 0 Å². The second kappa shape index (κ2) is 6.95. The van der Waals surface area contributed by atoms with Crippen molar-refractivity contribution >= 4 is 5.78 Å².